The summed E-state index contributed by atoms with van der Waals surface area (Å²) in [6.07, 6.45) is 5.87. The fraction of sp³-hybridized carbons (Fsp3) is 0.467. The van der Waals surface area contributed by atoms with E-state index in [1.807, 2.05) is 20.8 Å². The van der Waals surface area contributed by atoms with Gasteiger partial charge in [-0.2, -0.15) is 15.3 Å². The normalized spacial score (nSPS) is 14.4. The third-order valence-corrected chi connectivity index (χ3v) is 4.23. The summed E-state index contributed by atoms with van der Waals surface area (Å²) in [7, 11) is 0. The van der Waals surface area contributed by atoms with Crippen molar-refractivity contribution >= 4 is 33.4 Å². The monoisotopic (exact) mass is 375 g/mol. The molecule has 2 aromatic rings. The standard InChI is InChI=1S/C15H18BrN7/c1-9-12(7-23(22-9)15(2,3)8-17)20-14-18-6-11(16)13(21-14)19-10-4-5-10/h6-7,10H,4-5H2,1-3H3,(H2,18,19,20,21). The highest BCUT2D eigenvalue weighted by atomic mass is 79.9. The molecular formula is C15H18BrN7. The minimum absolute atomic E-state index is 0.494. The molecule has 0 radical (unpaired) electrons. The van der Waals surface area contributed by atoms with Crippen molar-refractivity contribution in [1.29, 1.82) is 5.26 Å². The molecule has 0 saturated heterocycles. The summed E-state index contributed by atoms with van der Waals surface area (Å²) in [4.78, 5) is 8.78. The van der Waals surface area contributed by atoms with Crippen LogP contribution in [0.3, 0.4) is 0 Å². The lowest BCUT2D eigenvalue weighted by molar-refractivity contribution is 0.416. The Kier molecular flexibility index (Phi) is 3.98. The molecule has 0 unspecified atom stereocenters. The first-order valence-corrected chi connectivity index (χ1v) is 8.22. The number of aryl methyl sites for hydroxylation is 1. The molecular weight excluding hydrogens is 358 g/mol. The molecule has 1 aliphatic carbocycles. The Balaban J connectivity index is 1.83. The Hall–Kier alpha value is -2.14. The molecule has 0 spiro atoms. The second-order valence-corrected chi connectivity index (χ2v) is 7.03. The van der Waals surface area contributed by atoms with Gasteiger partial charge in [0, 0.05) is 12.2 Å². The van der Waals surface area contributed by atoms with Gasteiger partial charge in [-0.15, -0.1) is 0 Å². The number of nitrogens with one attached hydrogen (secondary N) is 2. The molecule has 0 aliphatic heterocycles. The summed E-state index contributed by atoms with van der Waals surface area (Å²) in [6, 6.07) is 2.74. The molecule has 3 rings (SSSR count). The maximum absolute atomic E-state index is 9.22. The molecule has 1 fully saturated rings. The van der Waals surface area contributed by atoms with Crippen LogP contribution in [0, 0.1) is 18.3 Å². The van der Waals surface area contributed by atoms with Gasteiger partial charge in [0.15, 0.2) is 0 Å². The van der Waals surface area contributed by atoms with Gasteiger partial charge in [0.1, 0.15) is 11.4 Å². The summed E-state index contributed by atoms with van der Waals surface area (Å²) in [5.74, 6) is 1.28. The SMILES string of the molecule is Cc1nn(C(C)(C)C#N)cc1Nc1ncc(Br)c(NC2CC2)n1. The highest BCUT2D eigenvalue weighted by Gasteiger charge is 2.24. The van der Waals surface area contributed by atoms with Gasteiger partial charge in [0.05, 0.1) is 28.1 Å². The molecule has 2 heterocycles. The number of anilines is 3. The maximum atomic E-state index is 9.22. The van der Waals surface area contributed by atoms with Crippen molar-refractivity contribution in [2.45, 2.75) is 45.2 Å². The van der Waals surface area contributed by atoms with E-state index >= 15 is 0 Å². The lowest BCUT2D eigenvalue weighted by atomic mass is 10.1. The number of hydrogen-bond donors (Lipinski definition) is 2. The zero-order chi connectivity index (χ0) is 16.6. The maximum Gasteiger partial charge on any atom is 0.229 e. The summed E-state index contributed by atoms with van der Waals surface area (Å²) < 4.78 is 2.49. The van der Waals surface area contributed by atoms with Crippen molar-refractivity contribution in [2.24, 2.45) is 0 Å². The zero-order valence-electron chi connectivity index (χ0n) is 13.3. The molecule has 0 amide bonds. The van der Waals surface area contributed by atoms with Crippen LogP contribution in [-0.4, -0.2) is 25.8 Å². The first kappa shape index (κ1) is 15.7. The van der Waals surface area contributed by atoms with E-state index in [0.717, 1.165) is 21.7 Å². The van der Waals surface area contributed by atoms with Crippen molar-refractivity contribution in [1.82, 2.24) is 19.7 Å². The first-order chi connectivity index (χ1) is 10.9. The van der Waals surface area contributed by atoms with Crippen LogP contribution in [0.4, 0.5) is 17.5 Å². The topological polar surface area (TPSA) is 91.5 Å². The largest absolute Gasteiger partial charge is 0.366 e. The molecule has 2 N–H and O–H groups in total. The molecule has 0 aromatic carbocycles. The summed E-state index contributed by atoms with van der Waals surface area (Å²) >= 11 is 3.46. The predicted octanol–water partition coefficient (Wildman–Crippen LogP) is 3.32. The van der Waals surface area contributed by atoms with Crippen LogP contribution >= 0.6 is 15.9 Å². The number of nitrogens with zero attached hydrogens (tertiary/aromatic N) is 5. The van der Waals surface area contributed by atoms with E-state index in [1.54, 1.807) is 17.1 Å². The van der Waals surface area contributed by atoms with Crippen molar-refractivity contribution in [3.63, 3.8) is 0 Å². The van der Waals surface area contributed by atoms with Gasteiger partial charge in [0.2, 0.25) is 5.95 Å². The van der Waals surface area contributed by atoms with Gasteiger partial charge >= 0.3 is 0 Å². The molecule has 1 saturated carbocycles. The third-order valence-electron chi connectivity index (χ3n) is 3.65. The molecule has 7 nitrogen and oxygen atoms in total. The smallest absolute Gasteiger partial charge is 0.229 e. The molecule has 1 aliphatic rings. The molecule has 0 atom stereocenters. The van der Waals surface area contributed by atoms with Gasteiger partial charge in [-0.1, -0.05) is 0 Å². The Morgan fingerprint density at radius 2 is 2.17 bits per heavy atom. The minimum Gasteiger partial charge on any atom is -0.366 e. The number of nitriles is 1. The van der Waals surface area contributed by atoms with Crippen LogP contribution in [0.2, 0.25) is 0 Å². The minimum atomic E-state index is -0.704. The summed E-state index contributed by atoms with van der Waals surface area (Å²) in [6.45, 7) is 5.52. The van der Waals surface area contributed by atoms with E-state index < -0.39 is 5.54 Å². The lowest BCUT2D eigenvalue weighted by Crippen LogP contribution is -2.24. The van der Waals surface area contributed by atoms with E-state index in [4.69, 9.17) is 0 Å². The van der Waals surface area contributed by atoms with Crippen LogP contribution in [0.1, 0.15) is 32.4 Å². The molecule has 0 bridgehead atoms. The first-order valence-electron chi connectivity index (χ1n) is 7.43. The predicted molar refractivity (Wildman–Crippen MR) is 91.6 cm³/mol. The van der Waals surface area contributed by atoms with E-state index in [0.29, 0.717) is 12.0 Å². The number of aromatic nitrogens is 4. The summed E-state index contributed by atoms with van der Waals surface area (Å²) in [5, 5.41) is 20.2. The van der Waals surface area contributed by atoms with Crippen LogP contribution in [0.15, 0.2) is 16.9 Å². The lowest BCUT2D eigenvalue weighted by Gasteiger charge is -2.15. The Morgan fingerprint density at radius 1 is 1.43 bits per heavy atom. The number of rotatable bonds is 5. The van der Waals surface area contributed by atoms with Crippen molar-refractivity contribution in [3.05, 3.63) is 22.6 Å². The van der Waals surface area contributed by atoms with Gasteiger partial charge in [0.25, 0.3) is 0 Å². The Morgan fingerprint density at radius 3 is 2.83 bits per heavy atom. The van der Waals surface area contributed by atoms with E-state index in [2.05, 4.69) is 47.7 Å². The molecule has 2 aromatic heterocycles. The van der Waals surface area contributed by atoms with Crippen LogP contribution in [0.5, 0.6) is 0 Å². The van der Waals surface area contributed by atoms with Gasteiger partial charge < -0.3 is 10.6 Å². The average molecular weight is 376 g/mol. The van der Waals surface area contributed by atoms with Crippen molar-refractivity contribution in [3.8, 4) is 6.07 Å². The number of halogens is 1. The van der Waals surface area contributed by atoms with E-state index in [1.165, 1.54) is 12.8 Å². The average Bonchev–Trinajstić information content (AvgIpc) is 3.25. The van der Waals surface area contributed by atoms with Crippen molar-refractivity contribution < 1.29 is 0 Å². The fourth-order valence-corrected chi connectivity index (χ4v) is 2.30. The fourth-order valence-electron chi connectivity index (χ4n) is 1.99. The molecule has 8 heteroatoms. The summed E-state index contributed by atoms with van der Waals surface area (Å²) in [5.41, 5.74) is 0.869. The van der Waals surface area contributed by atoms with Crippen LogP contribution < -0.4 is 10.6 Å². The molecule has 120 valence electrons. The van der Waals surface area contributed by atoms with Gasteiger partial charge in [-0.05, 0) is 49.5 Å². The highest BCUT2D eigenvalue weighted by Crippen LogP contribution is 2.29. The van der Waals surface area contributed by atoms with Gasteiger partial charge in [-0.3, -0.25) is 4.68 Å². The van der Waals surface area contributed by atoms with Crippen molar-refractivity contribution in [2.75, 3.05) is 10.6 Å². The van der Waals surface area contributed by atoms with Crippen LogP contribution in [-0.2, 0) is 5.54 Å². The third kappa shape index (κ3) is 3.45. The second kappa shape index (κ2) is 5.81. The van der Waals surface area contributed by atoms with Crippen LogP contribution in [0.25, 0.3) is 0 Å². The Bertz CT molecular complexity index is 771. The molecule has 23 heavy (non-hydrogen) atoms. The Labute approximate surface area is 143 Å². The van der Waals surface area contributed by atoms with E-state index in [9.17, 15) is 5.26 Å². The van der Waals surface area contributed by atoms with Gasteiger partial charge in [-0.25, -0.2) is 4.98 Å². The quantitative estimate of drug-likeness (QED) is 0.832. The highest BCUT2D eigenvalue weighted by molar-refractivity contribution is 9.10. The zero-order valence-corrected chi connectivity index (χ0v) is 14.8. The number of hydrogen-bond acceptors (Lipinski definition) is 6. The second-order valence-electron chi connectivity index (χ2n) is 6.18. The van der Waals surface area contributed by atoms with E-state index in [-0.39, 0.29) is 0 Å².